The maximum absolute atomic E-state index is 12.3. The van der Waals surface area contributed by atoms with Crippen LogP contribution in [0.4, 0.5) is 0 Å². The van der Waals surface area contributed by atoms with Crippen LogP contribution in [0.15, 0.2) is 18.2 Å². The largest absolute Gasteiger partial charge is 0.497 e. The first-order valence-electron chi connectivity index (χ1n) is 7.02. The van der Waals surface area contributed by atoms with Gasteiger partial charge in [0, 0.05) is 12.5 Å². The number of hydrogen-bond acceptors (Lipinski definition) is 4. The molecule has 0 bridgehead atoms. The van der Waals surface area contributed by atoms with Crippen molar-refractivity contribution >= 4 is 5.97 Å². The average molecular weight is 277 g/mol. The number of methoxy groups -OCH3 is 2. The Labute approximate surface area is 120 Å². The highest BCUT2D eigenvalue weighted by Crippen LogP contribution is 2.32. The van der Waals surface area contributed by atoms with Gasteiger partial charge < -0.3 is 9.47 Å². The molecular formula is C16H23NO3. The van der Waals surface area contributed by atoms with E-state index in [0.29, 0.717) is 6.42 Å². The second kappa shape index (κ2) is 5.83. The van der Waals surface area contributed by atoms with Crippen LogP contribution >= 0.6 is 0 Å². The zero-order chi connectivity index (χ0) is 14.8. The molecule has 1 unspecified atom stereocenters. The van der Waals surface area contributed by atoms with E-state index >= 15 is 0 Å². The van der Waals surface area contributed by atoms with Gasteiger partial charge in [-0.1, -0.05) is 6.07 Å². The maximum Gasteiger partial charge on any atom is 0.326 e. The summed E-state index contributed by atoms with van der Waals surface area (Å²) in [6.07, 6.45) is 2.27. The lowest BCUT2D eigenvalue weighted by atomic mass is 9.77. The average Bonchev–Trinajstić information content (AvgIpc) is 2.44. The fraction of sp³-hybridized carbons (Fsp3) is 0.562. The first-order chi connectivity index (χ1) is 9.50. The zero-order valence-electron chi connectivity index (χ0n) is 12.7. The van der Waals surface area contributed by atoms with Crippen molar-refractivity contribution in [3.63, 3.8) is 0 Å². The van der Waals surface area contributed by atoms with Gasteiger partial charge in [0.05, 0.1) is 14.2 Å². The number of carbonyl (C=O) groups excluding carboxylic acids is 1. The van der Waals surface area contributed by atoms with Gasteiger partial charge in [-0.25, -0.2) is 0 Å². The quantitative estimate of drug-likeness (QED) is 0.856. The third-order valence-electron chi connectivity index (χ3n) is 3.87. The molecule has 0 heterocycles. The van der Waals surface area contributed by atoms with Crippen LogP contribution in [0.3, 0.4) is 0 Å². The van der Waals surface area contributed by atoms with Gasteiger partial charge in [0.1, 0.15) is 11.3 Å². The second-order valence-electron chi connectivity index (χ2n) is 5.68. The number of rotatable bonds is 4. The first-order valence-corrected chi connectivity index (χ1v) is 7.02. The van der Waals surface area contributed by atoms with Crippen LogP contribution < -0.4 is 10.1 Å². The molecule has 0 saturated carbocycles. The Kier molecular flexibility index (Phi) is 4.33. The van der Waals surface area contributed by atoms with Gasteiger partial charge in [-0.05, 0) is 49.9 Å². The number of hydrogen-bond donors (Lipinski definition) is 1. The molecule has 0 amide bonds. The number of esters is 1. The zero-order valence-corrected chi connectivity index (χ0v) is 12.7. The summed E-state index contributed by atoms with van der Waals surface area (Å²) in [6, 6.07) is 6.31. The number of benzene rings is 1. The van der Waals surface area contributed by atoms with E-state index in [2.05, 4.69) is 11.4 Å². The highest BCUT2D eigenvalue weighted by molar-refractivity contribution is 5.82. The Balaban J connectivity index is 2.35. The highest BCUT2D eigenvalue weighted by Gasteiger charge is 2.42. The lowest BCUT2D eigenvalue weighted by Gasteiger charge is -2.38. The molecule has 20 heavy (non-hydrogen) atoms. The molecule has 1 N–H and O–H groups in total. The molecule has 0 spiro atoms. The van der Waals surface area contributed by atoms with Gasteiger partial charge >= 0.3 is 5.97 Å². The Hall–Kier alpha value is -1.55. The van der Waals surface area contributed by atoms with Crippen LogP contribution in [0.2, 0.25) is 0 Å². The molecule has 0 aromatic heterocycles. The van der Waals surface area contributed by atoms with Crippen molar-refractivity contribution in [1.82, 2.24) is 5.32 Å². The molecule has 4 heteroatoms. The van der Waals surface area contributed by atoms with Crippen LogP contribution in [0.25, 0.3) is 0 Å². The van der Waals surface area contributed by atoms with Crippen molar-refractivity contribution in [2.45, 2.75) is 44.7 Å². The van der Waals surface area contributed by atoms with E-state index in [0.717, 1.165) is 24.2 Å². The molecule has 110 valence electrons. The molecule has 1 aliphatic rings. The van der Waals surface area contributed by atoms with Gasteiger partial charge in [-0.2, -0.15) is 0 Å². The fourth-order valence-electron chi connectivity index (χ4n) is 3.00. The van der Waals surface area contributed by atoms with E-state index in [1.807, 2.05) is 26.0 Å². The van der Waals surface area contributed by atoms with Crippen LogP contribution in [0.1, 0.15) is 31.4 Å². The van der Waals surface area contributed by atoms with E-state index in [-0.39, 0.29) is 12.0 Å². The Morgan fingerprint density at radius 2 is 2.05 bits per heavy atom. The Morgan fingerprint density at radius 3 is 2.65 bits per heavy atom. The Morgan fingerprint density at radius 1 is 1.30 bits per heavy atom. The predicted octanol–water partition coefficient (Wildman–Crippen LogP) is 2.09. The van der Waals surface area contributed by atoms with Crippen LogP contribution in [0.5, 0.6) is 5.75 Å². The number of fused-ring (bicyclic) bond motifs is 1. The van der Waals surface area contributed by atoms with E-state index < -0.39 is 5.54 Å². The summed E-state index contributed by atoms with van der Waals surface area (Å²) in [5, 5.41) is 3.41. The van der Waals surface area contributed by atoms with Gasteiger partial charge in [0.2, 0.25) is 0 Å². The lowest BCUT2D eigenvalue weighted by Crippen LogP contribution is -2.58. The topological polar surface area (TPSA) is 47.6 Å². The first kappa shape index (κ1) is 14.9. The van der Waals surface area contributed by atoms with Crippen molar-refractivity contribution in [2.75, 3.05) is 14.2 Å². The van der Waals surface area contributed by atoms with Crippen molar-refractivity contribution in [3.05, 3.63) is 29.3 Å². The van der Waals surface area contributed by atoms with E-state index in [1.54, 1.807) is 7.11 Å². The number of aryl methyl sites for hydroxylation is 1. The standard InChI is InChI=1S/C16H23NO3/c1-11(2)17-16(15(18)20-4)8-7-12-5-6-14(19-3)9-13(12)10-16/h5-6,9,11,17H,7-8,10H2,1-4H3. The normalized spacial score (nSPS) is 21.4. The van der Waals surface area contributed by atoms with E-state index in [4.69, 9.17) is 9.47 Å². The van der Waals surface area contributed by atoms with Crippen LogP contribution in [-0.4, -0.2) is 31.8 Å². The van der Waals surface area contributed by atoms with E-state index in [1.165, 1.54) is 12.7 Å². The van der Waals surface area contributed by atoms with Gasteiger partial charge in [0.15, 0.2) is 0 Å². The van der Waals surface area contributed by atoms with Crippen molar-refractivity contribution < 1.29 is 14.3 Å². The molecule has 0 aliphatic heterocycles. The predicted molar refractivity (Wildman–Crippen MR) is 78.0 cm³/mol. The monoisotopic (exact) mass is 277 g/mol. The van der Waals surface area contributed by atoms with Gasteiger partial charge in [-0.15, -0.1) is 0 Å². The summed E-state index contributed by atoms with van der Waals surface area (Å²) in [6.45, 7) is 4.09. The van der Waals surface area contributed by atoms with Crippen molar-refractivity contribution in [1.29, 1.82) is 0 Å². The smallest absolute Gasteiger partial charge is 0.326 e. The number of nitrogens with one attached hydrogen (secondary N) is 1. The summed E-state index contributed by atoms with van der Waals surface area (Å²) in [4.78, 5) is 12.3. The van der Waals surface area contributed by atoms with Crippen LogP contribution in [0, 0.1) is 0 Å². The third-order valence-corrected chi connectivity index (χ3v) is 3.87. The minimum Gasteiger partial charge on any atom is -0.497 e. The lowest BCUT2D eigenvalue weighted by molar-refractivity contribution is -0.149. The molecule has 1 aromatic rings. The minimum absolute atomic E-state index is 0.181. The minimum atomic E-state index is -0.623. The molecule has 0 radical (unpaired) electrons. The van der Waals surface area contributed by atoms with Gasteiger partial charge in [0.25, 0.3) is 0 Å². The summed E-state index contributed by atoms with van der Waals surface area (Å²) in [5.74, 6) is 0.647. The molecule has 0 saturated heterocycles. The Bertz CT molecular complexity index is 498. The number of carbonyl (C=O) groups is 1. The fourth-order valence-corrected chi connectivity index (χ4v) is 3.00. The third kappa shape index (κ3) is 2.80. The summed E-state index contributed by atoms with van der Waals surface area (Å²) >= 11 is 0. The molecule has 1 aliphatic carbocycles. The van der Waals surface area contributed by atoms with Crippen LogP contribution in [-0.2, 0) is 22.4 Å². The molecule has 1 aromatic carbocycles. The van der Waals surface area contributed by atoms with Gasteiger partial charge in [-0.3, -0.25) is 10.1 Å². The maximum atomic E-state index is 12.3. The highest BCUT2D eigenvalue weighted by atomic mass is 16.5. The van der Waals surface area contributed by atoms with Crippen molar-refractivity contribution in [2.24, 2.45) is 0 Å². The summed E-state index contributed by atoms with van der Waals surface area (Å²) in [5.41, 5.74) is 1.83. The van der Waals surface area contributed by atoms with E-state index in [9.17, 15) is 4.79 Å². The summed E-state index contributed by atoms with van der Waals surface area (Å²) in [7, 11) is 3.11. The molecule has 1 atom stereocenters. The van der Waals surface area contributed by atoms with Crippen molar-refractivity contribution in [3.8, 4) is 5.75 Å². The molecule has 0 fully saturated rings. The number of ether oxygens (including phenoxy) is 2. The SMILES string of the molecule is COC(=O)C1(NC(C)C)CCc2ccc(OC)cc2C1. The molecular weight excluding hydrogens is 254 g/mol. The molecule has 4 nitrogen and oxygen atoms in total. The summed E-state index contributed by atoms with van der Waals surface area (Å²) < 4.78 is 10.3. The molecule has 2 rings (SSSR count). The second-order valence-corrected chi connectivity index (χ2v) is 5.68.